The molecule has 0 aromatic heterocycles. The fraction of sp³-hybridized carbons (Fsp3) is 0.800. The fourth-order valence-corrected chi connectivity index (χ4v) is 1.89. The molecule has 6 heteroatoms. The molecule has 16 heavy (non-hydrogen) atoms. The molecule has 1 unspecified atom stereocenters. The monoisotopic (exact) mass is 358 g/mol. The third kappa shape index (κ3) is 8.42. The van der Waals surface area contributed by atoms with Crippen LogP contribution >= 0.6 is 31.8 Å². The summed E-state index contributed by atoms with van der Waals surface area (Å²) in [7, 11) is 2.22. The van der Waals surface area contributed by atoms with Gasteiger partial charge in [-0.15, -0.1) is 0 Å². The van der Waals surface area contributed by atoms with Crippen molar-refractivity contribution in [3.05, 3.63) is 0 Å². The first-order valence-corrected chi connectivity index (χ1v) is 7.57. The van der Waals surface area contributed by atoms with E-state index in [9.17, 15) is 9.59 Å². The highest BCUT2D eigenvalue weighted by Crippen LogP contribution is 2.05. The Morgan fingerprint density at radius 1 is 1.38 bits per heavy atom. The minimum absolute atomic E-state index is 0.0599. The van der Waals surface area contributed by atoms with Crippen molar-refractivity contribution >= 4 is 43.3 Å². The zero-order valence-corrected chi connectivity index (χ0v) is 12.9. The Morgan fingerprint density at radius 3 is 2.56 bits per heavy atom. The van der Waals surface area contributed by atoms with E-state index in [1.165, 1.54) is 0 Å². The van der Waals surface area contributed by atoms with Crippen LogP contribution in [0.25, 0.3) is 0 Å². The van der Waals surface area contributed by atoms with Crippen molar-refractivity contribution in [3.63, 3.8) is 0 Å². The highest BCUT2D eigenvalue weighted by Gasteiger charge is 2.11. The molecule has 0 fully saturated rings. The Labute approximate surface area is 113 Å². The van der Waals surface area contributed by atoms with Crippen LogP contribution in [0, 0.1) is 0 Å². The number of carbonyl (C=O) groups is 2. The van der Waals surface area contributed by atoms with Crippen LogP contribution < -0.4 is 10.6 Å². The molecule has 0 saturated heterocycles. The quantitative estimate of drug-likeness (QED) is 0.281. The molecule has 4 nitrogen and oxygen atoms in total. The number of rotatable bonds is 9. The number of hydrogen-bond donors (Lipinski definition) is 2. The van der Waals surface area contributed by atoms with Gasteiger partial charge in [0, 0.05) is 6.54 Å². The molecule has 0 saturated carbocycles. The second-order valence-corrected chi connectivity index (χ2v) is 4.82. The van der Waals surface area contributed by atoms with Crippen molar-refractivity contribution < 1.29 is 9.59 Å². The van der Waals surface area contributed by atoms with Crippen LogP contribution in [-0.4, -0.2) is 35.0 Å². The summed E-state index contributed by atoms with van der Waals surface area (Å²) in [6.07, 6.45) is 2.69. The van der Waals surface area contributed by atoms with Crippen molar-refractivity contribution in [2.75, 3.05) is 17.5 Å². The van der Waals surface area contributed by atoms with Crippen molar-refractivity contribution in [1.29, 1.82) is 0 Å². The molecule has 0 aromatic rings. The Balaban J connectivity index is 3.55. The van der Waals surface area contributed by atoms with Crippen LogP contribution in [0.15, 0.2) is 0 Å². The largest absolute Gasteiger partial charge is 0.355 e. The summed E-state index contributed by atoms with van der Waals surface area (Å²) in [5, 5.41) is 5.94. The van der Waals surface area contributed by atoms with Crippen molar-refractivity contribution in [3.8, 4) is 0 Å². The van der Waals surface area contributed by atoms with Crippen molar-refractivity contribution in [1.82, 2.24) is 10.6 Å². The summed E-state index contributed by atoms with van der Waals surface area (Å²) in [6, 6.07) is -0.0599. The van der Waals surface area contributed by atoms with Gasteiger partial charge in [-0.3, -0.25) is 9.59 Å². The first-order valence-electron chi connectivity index (χ1n) is 5.47. The van der Waals surface area contributed by atoms with E-state index < -0.39 is 0 Å². The molecule has 0 radical (unpaired) electrons. The van der Waals surface area contributed by atoms with E-state index >= 15 is 0 Å². The predicted molar refractivity (Wildman–Crippen MR) is 77.9 cm³/mol. The summed E-state index contributed by atoms with van der Waals surface area (Å²) in [5.74, 6) is 0.0750. The summed E-state index contributed by atoms with van der Waals surface area (Å²) in [6.45, 7) is 3.49. The smallest absolute Gasteiger partial charge is 0.229 e. The topological polar surface area (TPSA) is 58.2 Å². The average molecular weight is 358 g/mol. The molecule has 2 atom stereocenters. The summed E-state index contributed by atoms with van der Waals surface area (Å²) < 4.78 is 0.502. The molecule has 0 heterocycles. The van der Waals surface area contributed by atoms with Crippen molar-refractivity contribution in [2.24, 2.45) is 0 Å². The van der Waals surface area contributed by atoms with Crippen LogP contribution in [0.4, 0.5) is 0 Å². The third-order valence-electron chi connectivity index (χ3n) is 2.16. The SMILES string of the molecule is CCN[C@@H](CCCCNC(=O)CI)C(=O)P. The lowest BCUT2D eigenvalue weighted by Gasteiger charge is -2.13. The number of likely N-dealkylation sites (N-methyl/N-ethyl adjacent to an activating group) is 1. The molecule has 0 aromatic carbocycles. The van der Waals surface area contributed by atoms with Crippen LogP contribution in [0.2, 0.25) is 0 Å². The molecule has 0 aliphatic carbocycles. The van der Waals surface area contributed by atoms with Gasteiger partial charge < -0.3 is 10.6 Å². The fourth-order valence-electron chi connectivity index (χ4n) is 1.34. The third-order valence-corrected chi connectivity index (χ3v) is 3.25. The highest BCUT2D eigenvalue weighted by molar-refractivity contribution is 14.1. The van der Waals surface area contributed by atoms with E-state index in [4.69, 9.17) is 0 Å². The van der Waals surface area contributed by atoms with Crippen LogP contribution in [0.3, 0.4) is 0 Å². The minimum atomic E-state index is -0.0599. The van der Waals surface area contributed by atoms with Gasteiger partial charge in [-0.25, -0.2) is 0 Å². The predicted octanol–water partition coefficient (Wildman–Crippen LogP) is 1.09. The van der Waals surface area contributed by atoms with Gasteiger partial charge in [0.25, 0.3) is 0 Å². The lowest BCUT2D eigenvalue weighted by Crippen LogP contribution is -2.34. The molecule has 0 rings (SSSR count). The van der Waals surface area contributed by atoms with E-state index in [1.807, 2.05) is 29.5 Å². The van der Waals surface area contributed by atoms with E-state index in [0.29, 0.717) is 11.0 Å². The molecule has 1 amide bonds. The number of carbonyl (C=O) groups excluding carboxylic acids is 2. The van der Waals surface area contributed by atoms with E-state index in [-0.39, 0.29) is 17.5 Å². The molecule has 0 spiro atoms. The zero-order chi connectivity index (χ0) is 12.4. The molecule has 0 aliphatic rings. The van der Waals surface area contributed by atoms with Gasteiger partial charge in [0.2, 0.25) is 5.91 Å². The summed E-state index contributed by atoms with van der Waals surface area (Å²) >= 11 is 2.04. The van der Waals surface area contributed by atoms with E-state index in [1.54, 1.807) is 0 Å². The Hall–Kier alpha value is 0.260. The molecule has 94 valence electrons. The van der Waals surface area contributed by atoms with Gasteiger partial charge in [0.1, 0.15) is 0 Å². The second-order valence-electron chi connectivity index (χ2n) is 3.49. The number of amides is 1. The normalized spacial score (nSPS) is 12.2. The lowest BCUT2D eigenvalue weighted by atomic mass is 10.1. The lowest BCUT2D eigenvalue weighted by molar-refractivity contribution is -0.118. The number of unbranched alkanes of at least 4 members (excludes halogenated alkanes) is 1. The first kappa shape index (κ1) is 16.3. The summed E-state index contributed by atoms with van der Waals surface area (Å²) in [5.41, 5.74) is 0.109. The molecule has 2 N–H and O–H groups in total. The maximum atomic E-state index is 11.2. The van der Waals surface area contributed by atoms with Gasteiger partial charge in [-0.2, -0.15) is 0 Å². The Morgan fingerprint density at radius 2 is 2.06 bits per heavy atom. The minimum Gasteiger partial charge on any atom is -0.355 e. The zero-order valence-electron chi connectivity index (χ0n) is 9.59. The molecular formula is C10H20IN2O2P. The maximum Gasteiger partial charge on any atom is 0.229 e. The summed E-state index contributed by atoms with van der Waals surface area (Å²) in [4.78, 5) is 22.1. The standard InChI is InChI=1S/C10H20IN2O2P/c1-2-12-8(10(15)16)5-3-4-6-13-9(14)7-11/h8,12H,2-7,16H2,1H3,(H,13,14)/t8-/m0/s1. The van der Waals surface area contributed by atoms with Crippen LogP contribution in [0.5, 0.6) is 0 Å². The number of nitrogens with one attached hydrogen (secondary N) is 2. The van der Waals surface area contributed by atoms with Crippen LogP contribution in [0.1, 0.15) is 26.2 Å². The van der Waals surface area contributed by atoms with Crippen molar-refractivity contribution in [2.45, 2.75) is 32.2 Å². The van der Waals surface area contributed by atoms with Gasteiger partial charge in [0.05, 0.1) is 10.5 Å². The van der Waals surface area contributed by atoms with Gasteiger partial charge in [-0.05, 0) is 25.8 Å². The number of alkyl halides is 1. The molecule has 0 aliphatic heterocycles. The molecule has 0 bridgehead atoms. The number of hydrogen-bond acceptors (Lipinski definition) is 3. The second kappa shape index (κ2) is 10.4. The van der Waals surface area contributed by atoms with E-state index in [0.717, 1.165) is 25.8 Å². The molecular weight excluding hydrogens is 338 g/mol. The van der Waals surface area contributed by atoms with Gasteiger partial charge >= 0.3 is 0 Å². The average Bonchev–Trinajstić information content (AvgIpc) is 2.26. The first-order chi connectivity index (χ1) is 7.61. The van der Waals surface area contributed by atoms with Gasteiger partial charge in [-0.1, -0.05) is 38.8 Å². The Kier molecular flexibility index (Phi) is 10.6. The maximum absolute atomic E-state index is 11.2. The Bertz CT molecular complexity index is 227. The van der Waals surface area contributed by atoms with Gasteiger partial charge in [0.15, 0.2) is 5.52 Å². The van der Waals surface area contributed by atoms with E-state index in [2.05, 4.69) is 19.9 Å². The van der Waals surface area contributed by atoms with Crippen LogP contribution in [-0.2, 0) is 9.59 Å². The number of halogens is 1. The highest BCUT2D eigenvalue weighted by atomic mass is 127.